The number of hydrogen-bond acceptors (Lipinski definition) is 3. The summed E-state index contributed by atoms with van der Waals surface area (Å²) in [5.41, 5.74) is 2.71. The summed E-state index contributed by atoms with van der Waals surface area (Å²) in [5, 5.41) is 0. The summed E-state index contributed by atoms with van der Waals surface area (Å²) in [6, 6.07) is 8.50. The molecule has 0 unspecified atom stereocenters. The summed E-state index contributed by atoms with van der Waals surface area (Å²) < 4.78 is 27.7. The predicted octanol–water partition coefficient (Wildman–Crippen LogP) is 3.84. The van der Waals surface area contributed by atoms with E-state index in [9.17, 15) is 8.42 Å². The van der Waals surface area contributed by atoms with Crippen LogP contribution in [0.3, 0.4) is 0 Å². The van der Waals surface area contributed by atoms with E-state index in [0.717, 1.165) is 12.8 Å². The van der Waals surface area contributed by atoms with E-state index in [2.05, 4.69) is 51.6 Å². The molecule has 0 saturated carbocycles. The van der Waals surface area contributed by atoms with Gasteiger partial charge >= 0.3 is 0 Å². The molecule has 0 heterocycles. The maximum atomic E-state index is 11.4. The van der Waals surface area contributed by atoms with E-state index in [0.29, 0.717) is 6.42 Å². The normalized spacial score (nSPS) is 12.3. The summed E-state index contributed by atoms with van der Waals surface area (Å²) >= 11 is 0. The van der Waals surface area contributed by atoms with Crippen LogP contribution in [-0.4, -0.2) is 20.8 Å². The Kier molecular flexibility index (Phi) is 6.62. The number of hydrogen-bond donors (Lipinski definition) is 0. The molecule has 0 saturated heterocycles. The summed E-state index contributed by atoms with van der Waals surface area (Å²) in [6.07, 6.45) is 3.93. The average Bonchev–Trinajstić information content (AvgIpc) is 2.44. The fourth-order valence-electron chi connectivity index (χ4n) is 2.01. The first-order valence-corrected chi connectivity index (χ1v) is 8.96. The van der Waals surface area contributed by atoms with Gasteiger partial charge in [-0.25, -0.2) is 0 Å². The fourth-order valence-corrected chi connectivity index (χ4v) is 2.76. The third kappa shape index (κ3) is 6.02. The van der Waals surface area contributed by atoms with Gasteiger partial charge in [-0.1, -0.05) is 51.1 Å². The van der Waals surface area contributed by atoms with Crippen LogP contribution in [0.15, 0.2) is 36.9 Å². The molecule has 3 nitrogen and oxygen atoms in total. The molecule has 4 heteroatoms. The van der Waals surface area contributed by atoms with Crippen LogP contribution in [0.2, 0.25) is 0 Å². The van der Waals surface area contributed by atoms with Gasteiger partial charge in [-0.05, 0) is 35.8 Å². The Labute approximate surface area is 129 Å². The third-order valence-electron chi connectivity index (χ3n) is 3.79. The molecule has 0 radical (unpaired) electrons. The van der Waals surface area contributed by atoms with E-state index in [1.54, 1.807) is 0 Å². The lowest BCUT2D eigenvalue weighted by atomic mass is 9.81. The smallest absolute Gasteiger partial charge is 0.270 e. The van der Waals surface area contributed by atoms with Crippen LogP contribution in [0.4, 0.5) is 0 Å². The van der Waals surface area contributed by atoms with Gasteiger partial charge in [0, 0.05) is 0 Å². The van der Waals surface area contributed by atoms with Crippen molar-refractivity contribution in [3.63, 3.8) is 0 Å². The predicted molar refractivity (Wildman–Crippen MR) is 88.0 cm³/mol. The second-order valence-electron chi connectivity index (χ2n) is 5.88. The second kappa shape index (κ2) is 7.76. The zero-order chi connectivity index (χ0) is 15.9. The van der Waals surface area contributed by atoms with Crippen LogP contribution in [-0.2, 0) is 26.1 Å². The van der Waals surface area contributed by atoms with E-state index in [-0.39, 0.29) is 17.8 Å². The summed E-state index contributed by atoms with van der Waals surface area (Å²) in [5.74, 6) is -0.132. The fraction of sp³-hybridized carbons (Fsp3) is 0.529. The molecule has 0 atom stereocenters. The van der Waals surface area contributed by atoms with Crippen molar-refractivity contribution in [1.82, 2.24) is 0 Å². The molecule has 0 aliphatic rings. The summed E-state index contributed by atoms with van der Waals surface area (Å²) in [4.78, 5) is 0. The van der Waals surface area contributed by atoms with Gasteiger partial charge in [0.2, 0.25) is 0 Å². The zero-order valence-corrected chi connectivity index (χ0v) is 14.1. The van der Waals surface area contributed by atoms with Gasteiger partial charge in [0.15, 0.2) is 0 Å². The van der Waals surface area contributed by atoms with E-state index in [1.807, 2.05) is 0 Å². The van der Waals surface area contributed by atoms with E-state index < -0.39 is 10.1 Å². The average molecular weight is 310 g/mol. The van der Waals surface area contributed by atoms with E-state index in [4.69, 9.17) is 4.18 Å². The van der Waals surface area contributed by atoms with Crippen molar-refractivity contribution in [3.8, 4) is 0 Å². The lowest BCUT2D eigenvalue weighted by molar-refractivity contribution is 0.314. The largest absolute Gasteiger partial charge is 0.270 e. The number of aryl methyl sites for hydroxylation is 1. The first-order valence-electron chi connectivity index (χ1n) is 7.38. The van der Waals surface area contributed by atoms with Crippen molar-refractivity contribution in [2.75, 3.05) is 12.4 Å². The van der Waals surface area contributed by atoms with Crippen LogP contribution < -0.4 is 0 Å². The molecule has 1 aromatic carbocycles. The van der Waals surface area contributed by atoms with Gasteiger partial charge in [-0.15, -0.1) is 6.58 Å². The van der Waals surface area contributed by atoms with Gasteiger partial charge in [-0.2, -0.15) is 8.42 Å². The molecular weight excluding hydrogens is 284 g/mol. The van der Waals surface area contributed by atoms with Gasteiger partial charge in [0.1, 0.15) is 0 Å². The topological polar surface area (TPSA) is 43.4 Å². The maximum Gasteiger partial charge on any atom is 0.270 e. The number of benzene rings is 1. The number of rotatable bonds is 9. The summed E-state index contributed by atoms with van der Waals surface area (Å²) in [7, 11) is -3.44. The molecule has 0 aliphatic heterocycles. The van der Waals surface area contributed by atoms with Crippen LogP contribution >= 0.6 is 0 Å². The Hall–Kier alpha value is -1.13. The van der Waals surface area contributed by atoms with Gasteiger partial charge < -0.3 is 0 Å². The van der Waals surface area contributed by atoms with Crippen LogP contribution in [0.1, 0.15) is 44.7 Å². The molecule has 0 spiro atoms. The molecule has 118 valence electrons. The molecule has 0 amide bonds. The van der Waals surface area contributed by atoms with Crippen molar-refractivity contribution >= 4 is 10.1 Å². The highest BCUT2D eigenvalue weighted by atomic mass is 32.2. The lowest BCUT2D eigenvalue weighted by Crippen LogP contribution is -2.15. The maximum absolute atomic E-state index is 11.4. The minimum absolute atomic E-state index is 0.132. The molecular formula is C17H26O3S. The van der Waals surface area contributed by atoms with Crippen molar-refractivity contribution in [2.45, 2.75) is 45.4 Å². The third-order valence-corrected chi connectivity index (χ3v) is 4.96. The Morgan fingerprint density at radius 3 is 2.67 bits per heavy atom. The molecule has 0 N–H and O–H groups in total. The molecule has 0 bridgehead atoms. The minimum Gasteiger partial charge on any atom is -0.270 e. The molecule has 0 aliphatic carbocycles. The van der Waals surface area contributed by atoms with E-state index in [1.165, 1.54) is 17.2 Å². The van der Waals surface area contributed by atoms with Crippen molar-refractivity contribution in [2.24, 2.45) is 0 Å². The molecule has 0 fully saturated rings. The SMILES string of the molecule is C=CCS(=O)(=O)OCCCc1cccc(C(C)(C)CC)c1. The molecule has 1 rings (SSSR count). The highest BCUT2D eigenvalue weighted by Crippen LogP contribution is 2.27. The van der Waals surface area contributed by atoms with Crippen LogP contribution in [0.5, 0.6) is 0 Å². The van der Waals surface area contributed by atoms with E-state index >= 15 is 0 Å². The highest BCUT2D eigenvalue weighted by Gasteiger charge is 2.17. The Balaban J connectivity index is 2.54. The highest BCUT2D eigenvalue weighted by molar-refractivity contribution is 7.86. The molecule has 1 aromatic rings. The monoisotopic (exact) mass is 310 g/mol. The van der Waals surface area contributed by atoms with Gasteiger partial charge in [0.25, 0.3) is 10.1 Å². The van der Waals surface area contributed by atoms with Gasteiger partial charge in [0.05, 0.1) is 12.4 Å². The molecule has 21 heavy (non-hydrogen) atoms. The van der Waals surface area contributed by atoms with Crippen molar-refractivity contribution < 1.29 is 12.6 Å². The molecule has 0 aromatic heterocycles. The van der Waals surface area contributed by atoms with Crippen LogP contribution in [0.25, 0.3) is 0 Å². The standard InChI is InChI=1S/C17H26O3S/c1-5-13-21(18,19)20-12-8-10-15-9-7-11-16(14-15)17(3,4)6-2/h5,7,9,11,14H,1,6,8,10,12-13H2,2-4H3. The second-order valence-corrected chi connectivity index (χ2v) is 7.56. The quantitative estimate of drug-likeness (QED) is 0.395. The van der Waals surface area contributed by atoms with Crippen molar-refractivity contribution in [1.29, 1.82) is 0 Å². The zero-order valence-electron chi connectivity index (χ0n) is 13.3. The Morgan fingerprint density at radius 2 is 2.05 bits per heavy atom. The van der Waals surface area contributed by atoms with Crippen molar-refractivity contribution in [3.05, 3.63) is 48.0 Å². The summed E-state index contributed by atoms with van der Waals surface area (Å²) in [6.45, 7) is 10.3. The minimum atomic E-state index is -3.44. The van der Waals surface area contributed by atoms with Crippen LogP contribution in [0, 0.1) is 0 Å². The lowest BCUT2D eigenvalue weighted by Gasteiger charge is -2.23. The first kappa shape index (κ1) is 17.9. The Bertz CT molecular complexity index is 559. The Morgan fingerprint density at radius 1 is 1.33 bits per heavy atom. The first-order chi connectivity index (χ1) is 9.80. The van der Waals surface area contributed by atoms with Gasteiger partial charge in [-0.3, -0.25) is 4.18 Å².